The number of nitrogens with one attached hydrogen (secondary N) is 1. The molecule has 4 nitrogen and oxygen atoms in total. The molecule has 1 saturated carbocycles. The molecular weight excluding hydrogens is 202 g/mol. The number of carbonyl (C=O) groups excluding carboxylic acids is 1. The monoisotopic (exact) mass is 225 g/mol. The van der Waals surface area contributed by atoms with E-state index < -0.39 is 0 Å². The van der Waals surface area contributed by atoms with Crippen LogP contribution in [0.15, 0.2) is 0 Å². The van der Waals surface area contributed by atoms with E-state index in [-0.39, 0.29) is 5.41 Å². The Kier molecular flexibility index (Phi) is 3.50. The second kappa shape index (κ2) is 4.72. The molecule has 2 rings (SSSR count). The van der Waals surface area contributed by atoms with E-state index in [1.54, 1.807) is 0 Å². The summed E-state index contributed by atoms with van der Waals surface area (Å²) in [6.07, 6.45) is 3.35. The maximum absolute atomic E-state index is 12.5. The Morgan fingerprint density at radius 3 is 2.31 bits per heavy atom. The van der Waals surface area contributed by atoms with Gasteiger partial charge in [-0.15, -0.1) is 0 Å². The molecule has 1 aliphatic carbocycles. The van der Waals surface area contributed by atoms with Crippen LogP contribution >= 0.6 is 0 Å². The van der Waals surface area contributed by atoms with Gasteiger partial charge in [-0.3, -0.25) is 4.79 Å². The van der Waals surface area contributed by atoms with Crippen molar-refractivity contribution < 1.29 is 4.79 Å². The molecule has 1 aliphatic heterocycles. The maximum atomic E-state index is 12.5. The predicted molar refractivity (Wildman–Crippen MR) is 64.3 cm³/mol. The van der Waals surface area contributed by atoms with Crippen molar-refractivity contribution in [3.05, 3.63) is 0 Å². The van der Waals surface area contributed by atoms with Gasteiger partial charge >= 0.3 is 0 Å². The van der Waals surface area contributed by atoms with Gasteiger partial charge < -0.3 is 15.1 Å². The first kappa shape index (κ1) is 11.9. The van der Waals surface area contributed by atoms with E-state index in [1.165, 1.54) is 6.42 Å². The smallest absolute Gasteiger partial charge is 0.230 e. The second-order valence-corrected chi connectivity index (χ2v) is 5.26. The van der Waals surface area contributed by atoms with Crippen LogP contribution in [0.25, 0.3) is 0 Å². The summed E-state index contributed by atoms with van der Waals surface area (Å²) < 4.78 is 0. The highest BCUT2D eigenvalue weighted by Crippen LogP contribution is 2.42. The van der Waals surface area contributed by atoms with E-state index in [2.05, 4.69) is 22.2 Å². The zero-order valence-corrected chi connectivity index (χ0v) is 10.5. The number of hydrogen-bond acceptors (Lipinski definition) is 3. The lowest BCUT2D eigenvalue weighted by atomic mass is 9.67. The van der Waals surface area contributed by atoms with E-state index in [9.17, 15) is 4.79 Å². The average Bonchev–Trinajstić information content (AvgIpc) is 2.23. The molecule has 1 N–H and O–H groups in total. The number of hydrogen-bond donors (Lipinski definition) is 1. The van der Waals surface area contributed by atoms with E-state index in [0.717, 1.165) is 45.6 Å². The fourth-order valence-electron chi connectivity index (χ4n) is 2.75. The Morgan fingerprint density at radius 1 is 1.25 bits per heavy atom. The van der Waals surface area contributed by atoms with Crippen molar-refractivity contribution in [2.45, 2.75) is 19.3 Å². The lowest BCUT2D eigenvalue weighted by molar-refractivity contribution is -0.148. The number of piperazine rings is 1. The highest BCUT2D eigenvalue weighted by molar-refractivity contribution is 5.84. The predicted octanol–water partition coefficient (Wildman–Crippen LogP) is 0.150. The van der Waals surface area contributed by atoms with Gasteiger partial charge in [0.1, 0.15) is 0 Å². The van der Waals surface area contributed by atoms with Gasteiger partial charge in [-0.1, -0.05) is 6.42 Å². The number of likely N-dealkylation sites (N-methyl/N-ethyl adjacent to an activating group) is 1. The molecule has 16 heavy (non-hydrogen) atoms. The van der Waals surface area contributed by atoms with Crippen molar-refractivity contribution in [2.75, 3.05) is 46.8 Å². The lowest BCUT2D eigenvalue weighted by Gasteiger charge is -2.45. The first-order chi connectivity index (χ1) is 7.68. The fraction of sp³-hybridized carbons (Fsp3) is 0.917. The quantitative estimate of drug-likeness (QED) is 0.743. The zero-order chi connectivity index (χ0) is 11.6. The van der Waals surface area contributed by atoms with Crippen LogP contribution < -0.4 is 5.32 Å². The van der Waals surface area contributed by atoms with Crippen molar-refractivity contribution in [2.24, 2.45) is 5.41 Å². The van der Waals surface area contributed by atoms with Crippen molar-refractivity contribution in [3.63, 3.8) is 0 Å². The minimum atomic E-state index is -0.0648. The van der Waals surface area contributed by atoms with Gasteiger partial charge in [-0.2, -0.15) is 0 Å². The summed E-state index contributed by atoms with van der Waals surface area (Å²) in [6, 6.07) is 0. The Labute approximate surface area is 98.0 Å². The van der Waals surface area contributed by atoms with Crippen LogP contribution in [-0.2, 0) is 4.79 Å². The van der Waals surface area contributed by atoms with Crippen molar-refractivity contribution in [1.82, 2.24) is 15.1 Å². The largest absolute Gasteiger partial charge is 0.340 e. The van der Waals surface area contributed by atoms with Gasteiger partial charge in [0.15, 0.2) is 0 Å². The Bertz CT molecular complexity index is 255. The first-order valence-corrected chi connectivity index (χ1v) is 6.30. The lowest BCUT2D eigenvalue weighted by Crippen LogP contribution is -2.56. The molecule has 0 aromatic rings. The zero-order valence-electron chi connectivity index (χ0n) is 10.5. The summed E-state index contributed by atoms with van der Waals surface area (Å²) in [5.74, 6) is 0.390. The molecule has 0 radical (unpaired) electrons. The summed E-state index contributed by atoms with van der Waals surface area (Å²) >= 11 is 0. The standard InChI is InChI=1S/C12H23N3O/c1-13-10-12(4-3-5-12)11(16)15-8-6-14(2)7-9-15/h13H,3-10H2,1-2H3. The number of nitrogens with zero attached hydrogens (tertiary/aromatic N) is 2. The molecule has 2 fully saturated rings. The summed E-state index contributed by atoms with van der Waals surface area (Å²) in [4.78, 5) is 16.8. The first-order valence-electron chi connectivity index (χ1n) is 6.30. The molecule has 0 unspecified atom stereocenters. The second-order valence-electron chi connectivity index (χ2n) is 5.26. The van der Waals surface area contributed by atoms with Crippen molar-refractivity contribution in [3.8, 4) is 0 Å². The Morgan fingerprint density at radius 2 is 1.88 bits per heavy atom. The molecule has 0 aromatic heterocycles. The van der Waals surface area contributed by atoms with E-state index in [4.69, 9.17) is 0 Å². The number of carbonyl (C=O) groups is 1. The highest BCUT2D eigenvalue weighted by Gasteiger charge is 2.45. The molecule has 0 spiro atoms. The molecule has 1 amide bonds. The SMILES string of the molecule is CNCC1(C(=O)N2CCN(C)CC2)CCC1. The molecule has 92 valence electrons. The Hall–Kier alpha value is -0.610. The van der Waals surface area contributed by atoms with E-state index in [1.807, 2.05) is 7.05 Å². The average molecular weight is 225 g/mol. The molecule has 0 bridgehead atoms. The van der Waals surface area contributed by atoms with Crippen LogP contribution in [-0.4, -0.2) is 62.5 Å². The fourth-order valence-corrected chi connectivity index (χ4v) is 2.75. The van der Waals surface area contributed by atoms with E-state index in [0.29, 0.717) is 5.91 Å². The van der Waals surface area contributed by atoms with Crippen LogP contribution in [0.5, 0.6) is 0 Å². The minimum Gasteiger partial charge on any atom is -0.340 e. The van der Waals surface area contributed by atoms with Gasteiger partial charge in [0.05, 0.1) is 5.41 Å². The van der Waals surface area contributed by atoms with Gasteiger partial charge in [0.25, 0.3) is 0 Å². The van der Waals surface area contributed by atoms with Crippen LogP contribution in [0.2, 0.25) is 0 Å². The molecule has 1 heterocycles. The van der Waals surface area contributed by atoms with Crippen molar-refractivity contribution in [1.29, 1.82) is 0 Å². The third-order valence-electron chi connectivity index (χ3n) is 4.07. The van der Waals surface area contributed by atoms with Crippen LogP contribution in [0.1, 0.15) is 19.3 Å². The summed E-state index contributed by atoms with van der Waals surface area (Å²) in [7, 11) is 4.06. The Balaban J connectivity index is 1.95. The van der Waals surface area contributed by atoms with E-state index >= 15 is 0 Å². The molecule has 0 aromatic carbocycles. The molecule has 1 saturated heterocycles. The molecule has 4 heteroatoms. The highest BCUT2D eigenvalue weighted by atomic mass is 16.2. The minimum absolute atomic E-state index is 0.0648. The topological polar surface area (TPSA) is 35.6 Å². The molecule has 0 atom stereocenters. The van der Waals surface area contributed by atoms with Crippen molar-refractivity contribution >= 4 is 5.91 Å². The normalized spacial score (nSPS) is 25.2. The van der Waals surface area contributed by atoms with Gasteiger partial charge in [0, 0.05) is 32.7 Å². The summed E-state index contributed by atoms with van der Waals surface area (Å²) in [5, 5.41) is 3.18. The number of amides is 1. The van der Waals surface area contributed by atoms with Crippen LogP contribution in [0, 0.1) is 5.41 Å². The summed E-state index contributed by atoms with van der Waals surface area (Å²) in [6.45, 7) is 4.68. The van der Waals surface area contributed by atoms with Gasteiger partial charge in [-0.05, 0) is 26.9 Å². The van der Waals surface area contributed by atoms with Gasteiger partial charge in [-0.25, -0.2) is 0 Å². The molecular formula is C12H23N3O. The maximum Gasteiger partial charge on any atom is 0.230 e. The number of rotatable bonds is 3. The summed E-state index contributed by atoms with van der Waals surface area (Å²) in [5.41, 5.74) is -0.0648. The molecule has 2 aliphatic rings. The van der Waals surface area contributed by atoms with Crippen LogP contribution in [0.4, 0.5) is 0 Å². The third kappa shape index (κ3) is 2.09. The van der Waals surface area contributed by atoms with Gasteiger partial charge in [0.2, 0.25) is 5.91 Å². The third-order valence-corrected chi connectivity index (χ3v) is 4.07. The van der Waals surface area contributed by atoms with Crippen LogP contribution in [0.3, 0.4) is 0 Å².